The third-order valence-corrected chi connectivity index (χ3v) is 17.9. The Morgan fingerprint density at radius 1 is 0.639 bits per heavy atom. The number of ether oxygens (including phenoxy) is 8. The first kappa shape index (κ1) is 45.5. The molecule has 5 saturated heterocycles. The number of aliphatic hydroxyl groups is 9. The van der Waals surface area contributed by atoms with Crippen molar-refractivity contribution in [1.29, 1.82) is 0 Å². The van der Waals surface area contributed by atoms with Crippen LogP contribution in [-0.4, -0.2) is 176 Å². The van der Waals surface area contributed by atoms with Gasteiger partial charge in [-0.2, -0.15) is 0 Å². The van der Waals surface area contributed by atoms with Gasteiger partial charge in [-0.05, 0) is 105 Å². The Morgan fingerprint density at radius 3 is 2.10 bits per heavy atom. The van der Waals surface area contributed by atoms with E-state index >= 15 is 0 Å². The number of aliphatic hydroxyl groups excluding tert-OH is 9. The highest BCUT2D eigenvalue weighted by atomic mass is 16.8. The van der Waals surface area contributed by atoms with Crippen LogP contribution >= 0.6 is 0 Å². The summed E-state index contributed by atoms with van der Waals surface area (Å²) in [6, 6.07) is 0. The molecule has 0 radical (unpaired) electrons. The van der Waals surface area contributed by atoms with E-state index in [4.69, 9.17) is 37.9 Å². The van der Waals surface area contributed by atoms with E-state index in [1.54, 1.807) is 0 Å². The van der Waals surface area contributed by atoms with Crippen molar-refractivity contribution in [3.05, 3.63) is 0 Å². The van der Waals surface area contributed by atoms with Gasteiger partial charge in [0.05, 0.1) is 44.2 Å². The number of fused-ring (bicyclic) bond motifs is 7. The summed E-state index contributed by atoms with van der Waals surface area (Å²) in [6.45, 7) is 10.6. The highest BCUT2D eigenvalue weighted by Crippen LogP contribution is 2.71. The molecule has 0 bridgehead atoms. The summed E-state index contributed by atoms with van der Waals surface area (Å²) in [4.78, 5) is 0. The molecule has 17 nitrogen and oxygen atoms in total. The van der Waals surface area contributed by atoms with E-state index < -0.39 is 111 Å². The van der Waals surface area contributed by atoms with Crippen LogP contribution in [0.2, 0.25) is 0 Å². The normalized spacial score (nSPS) is 59.7. The van der Waals surface area contributed by atoms with E-state index in [2.05, 4.69) is 27.7 Å². The van der Waals surface area contributed by atoms with Crippen molar-refractivity contribution in [1.82, 2.24) is 0 Å². The Balaban J connectivity index is 0.911. The second kappa shape index (κ2) is 16.9. The minimum Gasteiger partial charge on any atom is -0.394 e. The molecule has 0 aromatic carbocycles. The van der Waals surface area contributed by atoms with Crippen LogP contribution in [-0.2, 0) is 37.9 Å². The Bertz CT molecular complexity index is 1530. The van der Waals surface area contributed by atoms with Crippen molar-refractivity contribution in [2.75, 3.05) is 19.8 Å². The highest BCUT2D eigenvalue weighted by Gasteiger charge is 2.69. The summed E-state index contributed by atoms with van der Waals surface area (Å²) in [5.41, 5.74) is 0.00513. The third kappa shape index (κ3) is 7.49. The predicted molar refractivity (Wildman–Crippen MR) is 210 cm³/mol. The lowest BCUT2D eigenvalue weighted by atomic mass is 9.44. The second-order valence-electron chi connectivity index (χ2n) is 21.2. The molecule has 9 fully saturated rings. The van der Waals surface area contributed by atoms with E-state index in [0.29, 0.717) is 48.3 Å². The molecule has 9 N–H and O–H groups in total. The molecule has 1 spiro atoms. The molecule has 5 heterocycles. The van der Waals surface area contributed by atoms with Gasteiger partial charge in [-0.1, -0.05) is 27.7 Å². The van der Waals surface area contributed by atoms with Crippen molar-refractivity contribution in [3.63, 3.8) is 0 Å². The van der Waals surface area contributed by atoms with Crippen LogP contribution in [0, 0.1) is 52.3 Å². The van der Waals surface area contributed by atoms with Gasteiger partial charge in [-0.25, -0.2) is 0 Å². The molecular formula is C44H72O17. The minimum atomic E-state index is -1.75. The summed E-state index contributed by atoms with van der Waals surface area (Å²) in [5, 5.41) is 97.2. The number of hydrogen-bond donors (Lipinski definition) is 9. The van der Waals surface area contributed by atoms with Crippen LogP contribution in [0.25, 0.3) is 0 Å². The molecule has 5 aliphatic heterocycles. The van der Waals surface area contributed by atoms with Crippen molar-refractivity contribution in [2.24, 2.45) is 52.3 Å². The van der Waals surface area contributed by atoms with E-state index in [9.17, 15) is 46.0 Å². The average Bonchev–Trinajstić information content (AvgIpc) is 3.68. The fourth-order valence-corrected chi connectivity index (χ4v) is 14.4. The van der Waals surface area contributed by atoms with Crippen LogP contribution in [0.1, 0.15) is 92.4 Å². The van der Waals surface area contributed by atoms with Crippen LogP contribution < -0.4 is 0 Å². The summed E-state index contributed by atoms with van der Waals surface area (Å²) >= 11 is 0. The summed E-state index contributed by atoms with van der Waals surface area (Å²) in [7, 11) is 0. The monoisotopic (exact) mass is 872 g/mol. The lowest BCUT2D eigenvalue weighted by molar-refractivity contribution is -0.389. The van der Waals surface area contributed by atoms with Crippen molar-refractivity contribution >= 4 is 0 Å². The Morgan fingerprint density at radius 2 is 1.38 bits per heavy atom. The molecule has 0 aromatic heterocycles. The van der Waals surface area contributed by atoms with Gasteiger partial charge in [-0.3, -0.25) is 0 Å². The fraction of sp³-hybridized carbons (Fsp3) is 1.00. The minimum absolute atomic E-state index is 0.154. The largest absolute Gasteiger partial charge is 0.394 e. The van der Waals surface area contributed by atoms with Gasteiger partial charge < -0.3 is 83.9 Å². The standard InChI is InChI=1S/C44H72O17/c1-18-8-11-44(55-16-18)19(2)30-28(61-44)13-24-22-7-6-21-12-27(25(46)14-43(21,5)23(22)9-10-42(24,30)4)57-41-38(60-40-35(52)33(50)31(48)20(3)56-40)36(53)37(29(15-45)58-41)59-39-34(51)32(49)26(47)17-54-39/h18-41,45-53H,6-17H2,1-5H3. The molecule has 9 rings (SSSR count). The molecule has 17 heteroatoms. The zero-order valence-corrected chi connectivity index (χ0v) is 36.1. The summed E-state index contributed by atoms with van der Waals surface area (Å²) in [6.07, 6.45) is -14.2. The van der Waals surface area contributed by atoms with E-state index in [1.165, 1.54) is 6.92 Å². The molecule has 4 saturated carbocycles. The zero-order valence-electron chi connectivity index (χ0n) is 36.1. The van der Waals surface area contributed by atoms with Crippen LogP contribution in [0.15, 0.2) is 0 Å². The van der Waals surface area contributed by atoms with Crippen LogP contribution in [0.3, 0.4) is 0 Å². The number of hydrogen-bond acceptors (Lipinski definition) is 17. The van der Waals surface area contributed by atoms with E-state index in [-0.39, 0.29) is 29.5 Å². The first-order valence-corrected chi connectivity index (χ1v) is 23.2. The quantitative estimate of drug-likeness (QED) is 0.152. The molecular weight excluding hydrogens is 800 g/mol. The van der Waals surface area contributed by atoms with Gasteiger partial charge in [-0.15, -0.1) is 0 Å². The molecule has 61 heavy (non-hydrogen) atoms. The Hall–Kier alpha value is -0.680. The maximum Gasteiger partial charge on any atom is 0.187 e. The van der Waals surface area contributed by atoms with Crippen molar-refractivity contribution in [3.8, 4) is 0 Å². The summed E-state index contributed by atoms with van der Waals surface area (Å²) < 4.78 is 49.5. The molecule has 350 valence electrons. The lowest BCUT2D eigenvalue weighted by Gasteiger charge is -2.62. The third-order valence-electron chi connectivity index (χ3n) is 17.9. The van der Waals surface area contributed by atoms with Gasteiger partial charge in [0.15, 0.2) is 24.7 Å². The average molecular weight is 873 g/mol. The van der Waals surface area contributed by atoms with Crippen molar-refractivity contribution in [2.45, 2.75) is 203 Å². The molecule has 27 atom stereocenters. The smallest absolute Gasteiger partial charge is 0.187 e. The Labute approximate surface area is 357 Å². The first-order chi connectivity index (χ1) is 28.9. The summed E-state index contributed by atoms with van der Waals surface area (Å²) in [5.74, 6) is 2.56. The van der Waals surface area contributed by atoms with Gasteiger partial charge in [0, 0.05) is 12.3 Å². The van der Waals surface area contributed by atoms with Gasteiger partial charge in [0.25, 0.3) is 0 Å². The predicted octanol–water partition coefficient (Wildman–Crippen LogP) is -0.0961. The SMILES string of the molecule is CC1CCC2(OC1)OC1CC3C4CCC5CC(OC6OC(CO)C(OC7OCC(O)C(O)C7O)C(O)C6OC6OC(C)C(O)C(O)C6O)C(O)CC5(C)C4CCC3(C)C1C2C. The topological polar surface area (TPSA) is 256 Å². The highest BCUT2D eigenvalue weighted by molar-refractivity contribution is 5.16. The number of rotatable bonds is 7. The van der Waals surface area contributed by atoms with Crippen molar-refractivity contribution < 1.29 is 83.9 Å². The van der Waals surface area contributed by atoms with E-state index in [1.807, 2.05) is 0 Å². The fourth-order valence-electron chi connectivity index (χ4n) is 14.4. The maximum absolute atomic E-state index is 12.0. The molecule has 0 amide bonds. The second-order valence-corrected chi connectivity index (χ2v) is 21.2. The maximum atomic E-state index is 12.0. The molecule has 27 unspecified atom stereocenters. The van der Waals surface area contributed by atoms with Crippen LogP contribution in [0.4, 0.5) is 0 Å². The van der Waals surface area contributed by atoms with Gasteiger partial charge in [0.1, 0.15) is 61.0 Å². The first-order valence-electron chi connectivity index (χ1n) is 23.2. The van der Waals surface area contributed by atoms with Gasteiger partial charge in [0.2, 0.25) is 0 Å². The molecule has 0 aromatic rings. The van der Waals surface area contributed by atoms with Crippen LogP contribution in [0.5, 0.6) is 0 Å². The Kier molecular flexibility index (Phi) is 12.6. The zero-order chi connectivity index (χ0) is 43.5. The van der Waals surface area contributed by atoms with E-state index in [0.717, 1.165) is 51.6 Å². The van der Waals surface area contributed by atoms with Gasteiger partial charge >= 0.3 is 0 Å². The molecule has 4 aliphatic carbocycles. The lowest BCUT2D eigenvalue weighted by Crippen LogP contribution is -2.66. The molecule has 9 aliphatic rings.